The molecule has 0 radical (unpaired) electrons. The lowest BCUT2D eigenvalue weighted by Gasteiger charge is -2.29. The molecule has 106 valence electrons. The first-order valence-corrected chi connectivity index (χ1v) is 7.06. The minimum atomic E-state index is -0.448. The zero-order chi connectivity index (χ0) is 13.8. The van der Waals surface area contributed by atoms with Crippen LogP contribution in [-0.2, 0) is 12.1 Å². The van der Waals surface area contributed by atoms with Crippen molar-refractivity contribution in [2.45, 2.75) is 44.2 Å². The van der Waals surface area contributed by atoms with Crippen molar-refractivity contribution in [1.82, 2.24) is 10.1 Å². The third-order valence-electron chi connectivity index (χ3n) is 3.75. The number of aromatic nitrogens is 2. The maximum Gasteiger partial charge on any atom is 0.246 e. The van der Waals surface area contributed by atoms with E-state index in [0.717, 1.165) is 31.4 Å². The smallest absolute Gasteiger partial charge is 0.246 e. The molecule has 1 aromatic heterocycles. The standard InChI is InChI=1S/C15H19N3O2/c16-15(9-5-2-6-10-15)14-17-13(18-20-14)11-19-12-7-3-1-4-8-12/h1,3-4,7-8H,2,5-6,9-11,16H2. The van der Waals surface area contributed by atoms with Crippen LogP contribution < -0.4 is 10.5 Å². The van der Waals surface area contributed by atoms with Crippen LogP contribution in [0.1, 0.15) is 43.8 Å². The lowest BCUT2D eigenvalue weighted by atomic mass is 9.82. The molecule has 1 aliphatic carbocycles. The molecular weight excluding hydrogens is 254 g/mol. The van der Waals surface area contributed by atoms with E-state index in [2.05, 4.69) is 10.1 Å². The van der Waals surface area contributed by atoms with Gasteiger partial charge in [0.2, 0.25) is 11.7 Å². The van der Waals surface area contributed by atoms with Crippen LogP contribution in [0.2, 0.25) is 0 Å². The van der Waals surface area contributed by atoms with Gasteiger partial charge in [-0.15, -0.1) is 0 Å². The number of hydrogen-bond acceptors (Lipinski definition) is 5. The average Bonchev–Trinajstić information content (AvgIpc) is 2.97. The van der Waals surface area contributed by atoms with Crippen LogP contribution in [0.15, 0.2) is 34.9 Å². The van der Waals surface area contributed by atoms with Crippen LogP contribution in [0.4, 0.5) is 0 Å². The summed E-state index contributed by atoms with van der Waals surface area (Å²) >= 11 is 0. The second-order valence-electron chi connectivity index (χ2n) is 5.33. The van der Waals surface area contributed by atoms with E-state index in [1.807, 2.05) is 30.3 Å². The minimum absolute atomic E-state index is 0.295. The first kappa shape index (κ1) is 13.1. The Morgan fingerprint density at radius 3 is 2.65 bits per heavy atom. The van der Waals surface area contributed by atoms with Crippen LogP contribution in [0.5, 0.6) is 5.75 Å². The summed E-state index contributed by atoms with van der Waals surface area (Å²) in [6.45, 7) is 0.295. The molecule has 1 aliphatic rings. The van der Waals surface area contributed by atoms with E-state index in [9.17, 15) is 0 Å². The van der Waals surface area contributed by atoms with Crippen molar-refractivity contribution in [2.24, 2.45) is 5.73 Å². The monoisotopic (exact) mass is 273 g/mol. The molecule has 5 heteroatoms. The number of rotatable bonds is 4. The van der Waals surface area contributed by atoms with Gasteiger partial charge in [0.25, 0.3) is 0 Å². The summed E-state index contributed by atoms with van der Waals surface area (Å²) in [6.07, 6.45) is 5.29. The Kier molecular flexibility index (Phi) is 3.69. The van der Waals surface area contributed by atoms with Crippen molar-refractivity contribution in [3.63, 3.8) is 0 Å². The number of benzene rings is 1. The van der Waals surface area contributed by atoms with Crippen molar-refractivity contribution < 1.29 is 9.26 Å². The number of para-hydroxylation sites is 1. The van der Waals surface area contributed by atoms with Gasteiger partial charge in [0.15, 0.2) is 6.61 Å². The molecule has 1 saturated carbocycles. The average molecular weight is 273 g/mol. The van der Waals surface area contributed by atoms with E-state index >= 15 is 0 Å². The molecule has 0 amide bonds. The highest BCUT2D eigenvalue weighted by Gasteiger charge is 2.35. The van der Waals surface area contributed by atoms with Gasteiger partial charge in [-0.05, 0) is 25.0 Å². The van der Waals surface area contributed by atoms with Crippen LogP contribution in [-0.4, -0.2) is 10.1 Å². The van der Waals surface area contributed by atoms with E-state index in [1.54, 1.807) is 0 Å². The lowest BCUT2D eigenvalue weighted by Crippen LogP contribution is -2.39. The number of nitrogens with zero attached hydrogens (tertiary/aromatic N) is 2. The molecule has 0 spiro atoms. The summed E-state index contributed by atoms with van der Waals surface area (Å²) in [6, 6.07) is 9.58. The lowest BCUT2D eigenvalue weighted by molar-refractivity contribution is 0.218. The van der Waals surface area contributed by atoms with Gasteiger partial charge in [-0.1, -0.05) is 42.6 Å². The predicted octanol–water partition coefficient (Wildman–Crippen LogP) is 2.77. The highest BCUT2D eigenvalue weighted by Crippen LogP contribution is 2.33. The maximum absolute atomic E-state index is 6.36. The Bertz CT molecular complexity index is 547. The third-order valence-corrected chi connectivity index (χ3v) is 3.75. The van der Waals surface area contributed by atoms with Gasteiger partial charge in [-0.2, -0.15) is 4.98 Å². The molecule has 3 rings (SSSR count). The normalized spacial score (nSPS) is 17.9. The van der Waals surface area contributed by atoms with Crippen LogP contribution in [0.3, 0.4) is 0 Å². The van der Waals surface area contributed by atoms with Crippen molar-refractivity contribution >= 4 is 0 Å². The fourth-order valence-electron chi connectivity index (χ4n) is 2.58. The van der Waals surface area contributed by atoms with E-state index in [1.165, 1.54) is 6.42 Å². The Morgan fingerprint density at radius 2 is 1.90 bits per heavy atom. The summed E-state index contributed by atoms with van der Waals surface area (Å²) in [7, 11) is 0. The predicted molar refractivity (Wildman–Crippen MR) is 74.0 cm³/mol. The van der Waals surface area contributed by atoms with Gasteiger partial charge in [0.1, 0.15) is 5.75 Å². The fraction of sp³-hybridized carbons (Fsp3) is 0.467. The van der Waals surface area contributed by atoms with Crippen molar-refractivity contribution in [3.05, 3.63) is 42.0 Å². The van der Waals surface area contributed by atoms with E-state index < -0.39 is 5.54 Å². The number of hydrogen-bond donors (Lipinski definition) is 1. The fourth-order valence-corrected chi connectivity index (χ4v) is 2.58. The summed E-state index contributed by atoms with van der Waals surface area (Å²) in [5, 5.41) is 3.96. The molecule has 5 nitrogen and oxygen atoms in total. The van der Waals surface area contributed by atoms with Gasteiger partial charge >= 0.3 is 0 Å². The summed E-state index contributed by atoms with van der Waals surface area (Å²) in [4.78, 5) is 4.39. The molecular formula is C15H19N3O2. The van der Waals surface area contributed by atoms with Crippen LogP contribution >= 0.6 is 0 Å². The summed E-state index contributed by atoms with van der Waals surface area (Å²) < 4.78 is 10.9. The number of nitrogens with two attached hydrogens (primary N) is 1. The molecule has 20 heavy (non-hydrogen) atoms. The maximum atomic E-state index is 6.36. The molecule has 0 aliphatic heterocycles. The Balaban J connectivity index is 1.65. The number of ether oxygens (including phenoxy) is 1. The molecule has 2 aromatic rings. The zero-order valence-corrected chi connectivity index (χ0v) is 11.4. The molecule has 0 atom stereocenters. The highest BCUT2D eigenvalue weighted by molar-refractivity contribution is 5.21. The van der Waals surface area contributed by atoms with Gasteiger partial charge in [-0.25, -0.2) is 0 Å². The van der Waals surface area contributed by atoms with Crippen molar-refractivity contribution in [2.75, 3.05) is 0 Å². The minimum Gasteiger partial charge on any atom is -0.485 e. The van der Waals surface area contributed by atoms with Gasteiger partial charge in [0, 0.05) is 0 Å². The molecule has 0 saturated heterocycles. The molecule has 2 N–H and O–H groups in total. The van der Waals surface area contributed by atoms with Gasteiger partial charge in [0.05, 0.1) is 5.54 Å². The van der Waals surface area contributed by atoms with E-state index in [0.29, 0.717) is 18.3 Å². The molecule has 1 aromatic carbocycles. The second-order valence-corrected chi connectivity index (χ2v) is 5.33. The van der Waals surface area contributed by atoms with Gasteiger partial charge < -0.3 is 15.0 Å². The molecule has 0 unspecified atom stereocenters. The zero-order valence-electron chi connectivity index (χ0n) is 11.4. The molecule has 0 bridgehead atoms. The van der Waals surface area contributed by atoms with Crippen LogP contribution in [0.25, 0.3) is 0 Å². The first-order chi connectivity index (χ1) is 9.76. The summed E-state index contributed by atoms with van der Waals surface area (Å²) in [5.41, 5.74) is 5.92. The Hall–Kier alpha value is -1.88. The first-order valence-electron chi connectivity index (χ1n) is 7.06. The van der Waals surface area contributed by atoms with E-state index in [4.69, 9.17) is 15.0 Å². The topological polar surface area (TPSA) is 74.2 Å². The van der Waals surface area contributed by atoms with E-state index in [-0.39, 0.29) is 0 Å². The van der Waals surface area contributed by atoms with Crippen molar-refractivity contribution in [3.8, 4) is 5.75 Å². The van der Waals surface area contributed by atoms with Crippen LogP contribution in [0, 0.1) is 0 Å². The summed E-state index contributed by atoms with van der Waals surface area (Å²) in [5.74, 6) is 1.88. The highest BCUT2D eigenvalue weighted by atomic mass is 16.5. The largest absolute Gasteiger partial charge is 0.485 e. The third kappa shape index (κ3) is 2.82. The quantitative estimate of drug-likeness (QED) is 0.927. The van der Waals surface area contributed by atoms with Gasteiger partial charge in [-0.3, -0.25) is 0 Å². The molecule has 1 fully saturated rings. The second kappa shape index (κ2) is 5.63. The molecule has 1 heterocycles. The SMILES string of the molecule is NC1(c2nc(COc3ccccc3)no2)CCCCC1. The van der Waals surface area contributed by atoms with Crippen molar-refractivity contribution in [1.29, 1.82) is 0 Å². The Labute approximate surface area is 118 Å². The Morgan fingerprint density at radius 1 is 1.15 bits per heavy atom.